The molecule has 0 aliphatic rings. The standard InChI is InChI=1S/C20H16Cl2N2O2/c1-23(17-5-3-2-4-6-17)19(25)15-11-18(22)20(26)24(13-15)12-14-7-9-16(21)10-8-14/h2-11,13H,12H2,1H3. The molecule has 0 fully saturated rings. The fourth-order valence-corrected chi connectivity index (χ4v) is 2.93. The lowest BCUT2D eigenvalue weighted by Gasteiger charge is -2.18. The number of pyridine rings is 1. The third-order valence-electron chi connectivity index (χ3n) is 4.00. The molecule has 6 heteroatoms. The minimum atomic E-state index is -0.347. The number of nitrogens with zero attached hydrogens (tertiary/aromatic N) is 2. The summed E-state index contributed by atoms with van der Waals surface area (Å²) in [5.74, 6) is -0.247. The summed E-state index contributed by atoms with van der Waals surface area (Å²) in [5.41, 5.74) is 1.63. The summed E-state index contributed by atoms with van der Waals surface area (Å²) in [6.45, 7) is 0.298. The Labute approximate surface area is 161 Å². The van der Waals surface area contributed by atoms with E-state index < -0.39 is 0 Å². The lowest BCUT2D eigenvalue weighted by atomic mass is 10.2. The minimum absolute atomic E-state index is 0.00581. The molecule has 0 unspecified atom stereocenters. The maximum atomic E-state index is 12.8. The van der Waals surface area contributed by atoms with E-state index in [1.165, 1.54) is 21.7 Å². The van der Waals surface area contributed by atoms with Crippen LogP contribution in [0.4, 0.5) is 5.69 Å². The molecule has 26 heavy (non-hydrogen) atoms. The number of halogens is 2. The van der Waals surface area contributed by atoms with Crippen LogP contribution in [0.3, 0.4) is 0 Å². The van der Waals surface area contributed by atoms with Crippen molar-refractivity contribution in [1.82, 2.24) is 4.57 Å². The quantitative estimate of drug-likeness (QED) is 0.663. The van der Waals surface area contributed by atoms with Crippen molar-refractivity contribution in [2.75, 3.05) is 11.9 Å². The van der Waals surface area contributed by atoms with E-state index in [9.17, 15) is 9.59 Å². The molecule has 2 aromatic carbocycles. The number of hydrogen-bond donors (Lipinski definition) is 0. The second kappa shape index (κ2) is 7.77. The lowest BCUT2D eigenvalue weighted by Crippen LogP contribution is -2.29. The van der Waals surface area contributed by atoms with Crippen LogP contribution in [-0.2, 0) is 6.54 Å². The number of carbonyl (C=O) groups is 1. The highest BCUT2D eigenvalue weighted by atomic mass is 35.5. The first kappa shape index (κ1) is 18.2. The molecule has 1 aromatic heterocycles. The summed E-state index contributed by atoms with van der Waals surface area (Å²) < 4.78 is 1.43. The number of aromatic nitrogens is 1. The zero-order valence-electron chi connectivity index (χ0n) is 14.0. The third kappa shape index (κ3) is 3.98. The van der Waals surface area contributed by atoms with Crippen molar-refractivity contribution in [2.45, 2.75) is 6.54 Å². The molecule has 0 spiro atoms. The minimum Gasteiger partial charge on any atom is -0.311 e. The van der Waals surface area contributed by atoms with Crippen molar-refractivity contribution in [1.29, 1.82) is 0 Å². The van der Waals surface area contributed by atoms with Gasteiger partial charge in [-0.2, -0.15) is 0 Å². The number of carbonyl (C=O) groups excluding carboxylic acids is 1. The lowest BCUT2D eigenvalue weighted by molar-refractivity contribution is 0.0992. The largest absolute Gasteiger partial charge is 0.311 e. The van der Waals surface area contributed by atoms with Gasteiger partial charge >= 0.3 is 0 Å². The van der Waals surface area contributed by atoms with Crippen LogP contribution in [0.2, 0.25) is 10.0 Å². The molecule has 1 amide bonds. The van der Waals surface area contributed by atoms with E-state index in [0.29, 0.717) is 17.1 Å². The van der Waals surface area contributed by atoms with Gasteiger partial charge in [-0.05, 0) is 35.9 Å². The first-order chi connectivity index (χ1) is 12.5. The van der Waals surface area contributed by atoms with Crippen LogP contribution in [0.5, 0.6) is 0 Å². The Hall–Kier alpha value is -2.56. The number of anilines is 1. The molecule has 0 bridgehead atoms. The van der Waals surface area contributed by atoms with Gasteiger partial charge in [0.05, 0.1) is 12.1 Å². The fraction of sp³-hybridized carbons (Fsp3) is 0.100. The Kier molecular flexibility index (Phi) is 5.45. The molecule has 3 rings (SSSR count). The maximum absolute atomic E-state index is 12.8. The molecule has 0 atom stereocenters. The van der Waals surface area contributed by atoms with E-state index in [2.05, 4.69) is 0 Å². The highest BCUT2D eigenvalue weighted by Crippen LogP contribution is 2.17. The van der Waals surface area contributed by atoms with E-state index in [1.807, 2.05) is 42.5 Å². The summed E-state index contributed by atoms with van der Waals surface area (Å²) in [7, 11) is 1.68. The van der Waals surface area contributed by atoms with Crippen LogP contribution in [0.1, 0.15) is 15.9 Å². The van der Waals surface area contributed by atoms with Crippen LogP contribution < -0.4 is 10.5 Å². The smallest absolute Gasteiger partial charge is 0.269 e. The average molecular weight is 387 g/mol. The van der Waals surface area contributed by atoms with Gasteiger partial charge in [0, 0.05) is 24.0 Å². The first-order valence-electron chi connectivity index (χ1n) is 7.93. The zero-order chi connectivity index (χ0) is 18.7. The van der Waals surface area contributed by atoms with Gasteiger partial charge in [-0.1, -0.05) is 53.5 Å². The van der Waals surface area contributed by atoms with E-state index in [0.717, 1.165) is 11.3 Å². The van der Waals surface area contributed by atoms with Gasteiger partial charge in [-0.15, -0.1) is 0 Å². The molecule has 0 radical (unpaired) electrons. The van der Waals surface area contributed by atoms with E-state index >= 15 is 0 Å². The monoisotopic (exact) mass is 386 g/mol. The predicted octanol–water partition coefficient (Wildman–Crippen LogP) is 4.48. The van der Waals surface area contributed by atoms with E-state index in [4.69, 9.17) is 23.2 Å². The van der Waals surface area contributed by atoms with Crippen LogP contribution >= 0.6 is 23.2 Å². The van der Waals surface area contributed by atoms with Crippen molar-refractivity contribution in [2.24, 2.45) is 0 Å². The Balaban J connectivity index is 1.93. The molecule has 1 heterocycles. The molecular weight excluding hydrogens is 371 g/mol. The molecule has 0 aliphatic heterocycles. The van der Waals surface area contributed by atoms with E-state index in [-0.39, 0.29) is 16.5 Å². The second-order valence-electron chi connectivity index (χ2n) is 5.84. The number of hydrogen-bond acceptors (Lipinski definition) is 2. The van der Waals surface area contributed by atoms with Crippen LogP contribution in [0.15, 0.2) is 71.7 Å². The topological polar surface area (TPSA) is 42.3 Å². The summed E-state index contributed by atoms with van der Waals surface area (Å²) in [6, 6.07) is 17.8. The van der Waals surface area contributed by atoms with Gasteiger partial charge in [-0.25, -0.2) is 0 Å². The Bertz CT molecular complexity index is 983. The Morgan fingerprint density at radius 1 is 1.04 bits per heavy atom. The molecule has 0 aliphatic carbocycles. The van der Waals surface area contributed by atoms with Gasteiger partial charge in [0.15, 0.2) is 0 Å². The van der Waals surface area contributed by atoms with Crippen molar-refractivity contribution in [3.05, 3.63) is 98.4 Å². The molecule has 4 nitrogen and oxygen atoms in total. The number of amides is 1. The number of para-hydroxylation sites is 1. The van der Waals surface area contributed by atoms with Crippen LogP contribution in [0, 0.1) is 0 Å². The molecule has 0 saturated heterocycles. The highest BCUT2D eigenvalue weighted by molar-refractivity contribution is 6.31. The second-order valence-corrected chi connectivity index (χ2v) is 6.68. The normalized spacial score (nSPS) is 10.6. The Morgan fingerprint density at radius 2 is 1.69 bits per heavy atom. The molecule has 132 valence electrons. The first-order valence-corrected chi connectivity index (χ1v) is 8.69. The molecule has 0 N–H and O–H groups in total. The van der Waals surface area contributed by atoms with Crippen molar-refractivity contribution < 1.29 is 4.79 Å². The summed E-state index contributed by atoms with van der Waals surface area (Å²) in [6.07, 6.45) is 1.53. The summed E-state index contributed by atoms with van der Waals surface area (Å²) >= 11 is 12.0. The van der Waals surface area contributed by atoms with Crippen molar-refractivity contribution >= 4 is 34.8 Å². The van der Waals surface area contributed by atoms with Crippen molar-refractivity contribution in [3.63, 3.8) is 0 Å². The zero-order valence-corrected chi connectivity index (χ0v) is 15.5. The van der Waals surface area contributed by atoms with Crippen molar-refractivity contribution in [3.8, 4) is 0 Å². The number of benzene rings is 2. The number of rotatable bonds is 4. The van der Waals surface area contributed by atoms with Gasteiger partial charge in [0.1, 0.15) is 5.02 Å². The fourth-order valence-electron chi connectivity index (χ4n) is 2.58. The van der Waals surface area contributed by atoms with Gasteiger partial charge in [0.2, 0.25) is 0 Å². The summed E-state index contributed by atoms with van der Waals surface area (Å²) in [5, 5.41) is 0.624. The molecular formula is C20H16Cl2N2O2. The summed E-state index contributed by atoms with van der Waals surface area (Å²) in [4.78, 5) is 26.6. The SMILES string of the molecule is CN(C(=O)c1cc(Cl)c(=O)n(Cc2ccc(Cl)cc2)c1)c1ccccc1. The maximum Gasteiger partial charge on any atom is 0.269 e. The molecule has 3 aromatic rings. The Morgan fingerprint density at radius 3 is 2.35 bits per heavy atom. The van der Waals surface area contributed by atoms with E-state index in [1.54, 1.807) is 19.2 Å². The van der Waals surface area contributed by atoms with Crippen LogP contribution in [0.25, 0.3) is 0 Å². The highest BCUT2D eigenvalue weighted by Gasteiger charge is 2.16. The van der Waals surface area contributed by atoms with Gasteiger partial charge < -0.3 is 9.47 Å². The predicted molar refractivity (Wildman–Crippen MR) is 105 cm³/mol. The molecule has 0 saturated carbocycles. The van der Waals surface area contributed by atoms with Crippen LogP contribution in [-0.4, -0.2) is 17.5 Å². The van der Waals surface area contributed by atoms with Gasteiger partial charge in [-0.3, -0.25) is 9.59 Å². The average Bonchev–Trinajstić information content (AvgIpc) is 2.66. The van der Waals surface area contributed by atoms with Gasteiger partial charge in [0.25, 0.3) is 11.5 Å². The third-order valence-corrected chi connectivity index (χ3v) is 4.53.